The van der Waals surface area contributed by atoms with E-state index in [1.165, 1.54) is 18.5 Å². The molecule has 2 aromatic rings. The second-order valence-corrected chi connectivity index (χ2v) is 12.7. The van der Waals surface area contributed by atoms with Crippen molar-refractivity contribution in [2.24, 2.45) is 5.73 Å². The SMILES string of the molecule is CCc1nc(C(N)=O)c(Nc2ccc(N3CCC(N4CCN(C)CC4)CC3)cc2)nc1OC1CN(C(=O)OC(C)(C)C)C1. The number of benzene rings is 1. The second-order valence-electron chi connectivity index (χ2n) is 12.7. The molecule has 0 aliphatic carbocycles. The molecule has 3 aliphatic rings. The van der Waals surface area contributed by atoms with Crippen LogP contribution in [0.3, 0.4) is 0 Å². The lowest BCUT2D eigenvalue weighted by Crippen LogP contribution is -2.57. The number of amides is 2. The number of carbonyl (C=O) groups excluding carboxylic acids is 2. The van der Waals surface area contributed by atoms with Crippen LogP contribution >= 0.6 is 0 Å². The summed E-state index contributed by atoms with van der Waals surface area (Å²) in [6.45, 7) is 14.9. The van der Waals surface area contributed by atoms with Crippen LogP contribution in [0.4, 0.5) is 22.0 Å². The molecule has 0 bridgehead atoms. The van der Waals surface area contributed by atoms with Gasteiger partial charge < -0.3 is 35.2 Å². The molecule has 3 fully saturated rings. The number of likely N-dealkylation sites (N-methyl/N-ethyl adjacent to an activating group) is 1. The molecular formula is C31H46N8O4. The number of aryl methyl sites for hydroxylation is 1. The van der Waals surface area contributed by atoms with Crippen LogP contribution in [0.5, 0.6) is 5.88 Å². The van der Waals surface area contributed by atoms with Gasteiger partial charge in [-0.05, 0) is 71.3 Å². The summed E-state index contributed by atoms with van der Waals surface area (Å²) in [6, 6.07) is 8.81. The van der Waals surface area contributed by atoms with Crippen LogP contribution in [0.1, 0.15) is 56.7 Å². The average Bonchev–Trinajstić information content (AvgIpc) is 2.94. The summed E-state index contributed by atoms with van der Waals surface area (Å²) in [7, 11) is 2.20. The molecule has 1 aromatic carbocycles. The van der Waals surface area contributed by atoms with Gasteiger partial charge in [-0.25, -0.2) is 9.78 Å². The van der Waals surface area contributed by atoms with Crippen LogP contribution in [-0.2, 0) is 11.2 Å². The molecule has 3 saturated heterocycles. The molecule has 0 unspecified atom stereocenters. The van der Waals surface area contributed by atoms with Crippen molar-refractivity contribution in [3.05, 3.63) is 35.7 Å². The highest BCUT2D eigenvalue weighted by Gasteiger charge is 2.36. The van der Waals surface area contributed by atoms with E-state index in [1.807, 2.05) is 39.8 Å². The van der Waals surface area contributed by atoms with Crippen molar-refractivity contribution < 1.29 is 19.1 Å². The van der Waals surface area contributed by atoms with E-state index >= 15 is 0 Å². The Morgan fingerprint density at radius 2 is 1.65 bits per heavy atom. The van der Waals surface area contributed by atoms with Crippen LogP contribution in [-0.4, -0.2) is 114 Å². The number of primary amides is 1. The number of piperazine rings is 1. The minimum absolute atomic E-state index is 0.0586. The first-order valence-corrected chi connectivity index (χ1v) is 15.4. The second kappa shape index (κ2) is 12.9. The van der Waals surface area contributed by atoms with Crippen LogP contribution < -0.4 is 20.7 Å². The summed E-state index contributed by atoms with van der Waals surface area (Å²) in [5, 5.41) is 3.22. The maximum absolute atomic E-state index is 12.3. The van der Waals surface area contributed by atoms with Crippen molar-refractivity contribution in [2.45, 2.75) is 64.7 Å². The lowest BCUT2D eigenvalue weighted by Gasteiger charge is -2.42. The van der Waals surface area contributed by atoms with Crippen molar-refractivity contribution >= 4 is 29.2 Å². The van der Waals surface area contributed by atoms with E-state index < -0.39 is 11.5 Å². The Morgan fingerprint density at radius 1 is 1.00 bits per heavy atom. The molecule has 12 nitrogen and oxygen atoms in total. The molecule has 0 radical (unpaired) electrons. The van der Waals surface area contributed by atoms with Crippen LogP contribution in [0.2, 0.25) is 0 Å². The fourth-order valence-corrected chi connectivity index (χ4v) is 5.75. The predicted molar refractivity (Wildman–Crippen MR) is 166 cm³/mol. The minimum Gasteiger partial charge on any atom is -0.469 e. The molecule has 2 amide bonds. The maximum Gasteiger partial charge on any atom is 0.410 e. The van der Waals surface area contributed by atoms with Crippen LogP contribution in [0.15, 0.2) is 24.3 Å². The largest absolute Gasteiger partial charge is 0.469 e. The number of nitrogens with two attached hydrogens (primary N) is 1. The standard InChI is InChI=1S/C31H46N8O4/c1-6-25-29(42-24-19-39(20-24)30(41)43-31(2,3)4)35-28(26(34-25)27(32)40)33-21-7-9-22(10-8-21)37-13-11-23(12-14-37)38-17-15-36(5)16-18-38/h7-10,23-24H,6,11-20H2,1-5H3,(H2,32,40)(H,33,35). The number of nitrogens with one attached hydrogen (secondary N) is 1. The summed E-state index contributed by atoms with van der Waals surface area (Å²) >= 11 is 0. The van der Waals surface area contributed by atoms with E-state index in [0.717, 1.165) is 45.0 Å². The van der Waals surface area contributed by atoms with Crippen molar-refractivity contribution in [2.75, 3.05) is 69.6 Å². The topological polar surface area (TPSA) is 129 Å². The highest BCUT2D eigenvalue weighted by Crippen LogP contribution is 2.29. The number of hydrogen-bond donors (Lipinski definition) is 2. The first kappa shape index (κ1) is 30.8. The Kier molecular flexibility index (Phi) is 9.26. The summed E-state index contributed by atoms with van der Waals surface area (Å²) < 4.78 is 11.6. The fourth-order valence-electron chi connectivity index (χ4n) is 5.75. The molecule has 5 rings (SSSR count). The number of ether oxygens (including phenoxy) is 2. The third-order valence-corrected chi connectivity index (χ3v) is 8.29. The number of rotatable bonds is 8. The van der Waals surface area contributed by atoms with Gasteiger partial charge in [-0.1, -0.05) is 6.92 Å². The zero-order chi connectivity index (χ0) is 30.7. The summed E-state index contributed by atoms with van der Waals surface area (Å²) in [5.74, 6) is -0.108. The molecule has 43 heavy (non-hydrogen) atoms. The molecule has 4 heterocycles. The van der Waals surface area contributed by atoms with Crippen molar-refractivity contribution in [3.8, 4) is 5.88 Å². The van der Waals surface area contributed by atoms with Gasteiger partial charge in [-0.2, -0.15) is 4.98 Å². The van der Waals surface area contributed by atoms with Gasteiger partial charge in [-0.3, -0.25) is 9.69 Å². The Balaban J connectivity index is 1.21. The highest BCUT2D eigenvalue weighted by atomic mass is 16.6. The van der Waals surface area contributed by atoms with Gasteiger partial charge in [0.2, 0.25) is 5.88 Å². The number of anilines is 3. The number of carbonyl (C=O) groups is 2. The number of nitrogens with zero attached hydrogens (tertiary/aromatic N) is 6. The quantitative estimate of drug-likeness (QED) is 0.470. The Morgan fingerprint density at radius 3 is 2.23 bits per heavy atom. The van der Waals surface area contributed by atoms with E-state index in [9.17, 15) is 9.59 Å². The Hall–Kier alpha value is -3.64. The minimum atomic E-state index is -0.671. The van der Waals surface area contributed by atoms with Gasteiger partial charge in [0, 0.05) is 56.7 Å². The van der Waals surface area contributed by atoms with Gasteiger partial charge in [0.15, 0.2) is 11.5 Å². The van der Waals surface area contributed by atoms with Gasteiger partial charge >= 0.3 is 6.09 Å². The molecule has 3 aliphatic heterocycles. The monoisotopic (exact) mass is 594 g/mol. The van der Waals surface area contributed by atoms with E-state index in [-0.39, 0.29) is 23.7 Å². The predicted octanol–water partition coefficient (Wildman–Crippen LogP) is 3.10. The van der Waals surface area contributed by atoms with E-state index in [4.69, 9.17) is 15.2 Å². The fraction of sp³-hybridized carbons (Fsp3) is 0.613. The van der Waals surface area contributed by atoms with Crippen LogP contribution in [0.25, 0.3) is 0 Å². The molecule has 0 saturated carbocycles. The molecule has 3 N–H and O–H groups in total. The van der Waals surface area contributed by atoms with Crippen LogP contribution in [0, 0.1) is 0 Å². The molecule has 12 heteroatoms. The van der Waals surface area contributed by atoms with E-state index in [1.54, 1.807) is 4.90 Å². The summed E-state index contributed by atoms with van der Waals surface area (Å²) in [5.41, 5.74) is 7.65. The third-order valence-electron chi connectivity index (χ3n) is 8.29. The first-order chi connectivity index (χ1) is 20.5. The van der Waals surface area contributed by atoms with Gasteiger partial charge in [0.25, 0.3) is 5.91 Å². The third kappa shape index (κ3) is 7.66. The first-order valence-electron chi connectivity index (χ1n) is 15.4. The van der Waals surface area contributed by atoms with Crippen molar-refractivity contribution in [1.29, 1.82) is 0 Å². The highest BCUT2D eigenvalue weighted by molar-refractivity contribution is 5.96. The van der Waals surface area contributed by atoms with E-state index in [2.05, 4.69) is 49.2 Å². The van der Waals surface area contributed by atoms with Crippen molar-refractivity contribution in [3.63, 3.8) is 0 Å². The summed E-state index contributed by atoms with van der Waals surface area (Å²) in [6.07, 6.45) is 2.22. The zero-order valence-corrected chi connectivity index (χ0v) is 26.1. The zero-order valence-electron chi connectivity index (χ0n) is 26.1. The van der Waals surface area contributed by atoms with Gasteiger partial charge in [0.1, 0.15) is 17.4 Å². The number of hydrogen-bond acceptors (Lipinski definition) is 10. The molecule has 0 spiro atoms. The molecular weight excluding hydrogens is 548 g/mol. The lowest BCUT2D eigenvalue weighted by molar-refractivity contribution is -0.0235. The van der Waals surface area contributed by atoms with E-state index in [0.29, 0.717) is 37.1 Å². The van der Waals surface area contributed by atoms with Gasteiger partial charge in [0.05, 0.1) is 13.1 Å². The Bertz CT molecular complexity index is 1280. The lowest BCUT2D eigenvalue weighted by atomic mass is 10.0. The number of piperidine rings is 1. The maximum atomic E-state index is 12.3. The van der Waals surface area contributed by atoms with Crippen molar-refractivity contribution in [1.82, 2.24) is 24.7 Å². The molecule has 1 aromatic heterocycles. The molecule has 234 valence electrons. The normalized spacial score (nSPS) is 19.2. The molecule has 0 atom stereocenters. The summed E-state index contributed by atoms with van der Waals surface area (Å²) in [4.78, 5) is 42.8. The number of likely N-dealkylation sites (tertiary alicyclic amines) is 1. The average molecular weight is 595 g/mol. The Labute approximate surface area is 254 Å². The van der Waals surface area contributed by atoms with Gasteiger partial charge in [-0.15, -0.1) is 0 Å². The smallest absolute Gasteiger partial charge is 0.410 e. The number of aromatic nitrogens is 2.